The van der Waals surface area contributed by atoms with E-state index >= 15 is 0 Å². The van der Waals surface area contributed by atoms with Crippen LogP contribution in [0.2, 0.25) is 0 Å². The molecule has 0 saturated carbocycles. The predicted molar refractivity (Wildman–Crippen MR) is 65.0 cm³/mol. The topological polar surface area (TPSA) is 53.9 Å². The highest BCUT2D eigenvalue weighted by atomic mass is 16.5. The molecular formula is C12H15N3O2. The van der Waals surface area contributed by atoms with E-state index in [0.29, 0.717) is 26.3 Å². The number of ether oxygens (including phenoxy) is 1. The van der Waals surface area contributed by atoms with E-state index in [1.807, 2.05) is 30.3 Å². The van der Waals surface area contributed by atoms with E-state index < -0.39 is 0 Å². The van der Waals surface area contributed by atoms with E-state index in [-0.39, 0.29) is 6.03 Å². The molecule has 2 amide bonds. The maximum atomic E-state index is 11.6. The van der Waals surface area contributed by atoms with Gasteiger partial charge in [0, 0.05) is 13.1 Å². The van der Waals surface area contributed by atoms with Gasteiger partial charge in [-0.25, -0.2) is 10.2 Å². The standard InChI is InChI=1S/C12H15N3O2/c16-12(15-6-8-17-9-7-15)14-13-10-11-4-2-1-3-5-11/h1-5,10H,6-9H2,(H,14,16)/b13-10+. The first-order valence-corrected chi connectivity index (χ1v) is 5.57. The summed E-state index contributed by atoms with van der Waals surface area (Å²) in [6.45, 7) is 2.42. The van der Waals surface area contributed by atoms with Crippen LogP contribution in [0, 0.1) is 0 Å². The third kappa shape index (κ3) is 3.57. The van der Waals surface area contributed by atoms with Crippen molar-refractivity contribution in [1.29, 1.82) is 0 Å². The molecule has 5 nitrogen and oxygen atoms in total. The largest absolute Gasteiger partial charge is 0.378 e. The zero-order valence-corrected chi connectivity index (χ0v) is 9.50. The molecule has 0 aliphatic carbocycles. The van der Waals surface area contributed by atoms with Crippen LogP contribution in [0.15, 0.2) is 35.4 Å². The molecule has 0 atom stereocenters. The fourth-order valence-electron chi connectivity index (χ4n) is 1.54. The Kier molecular flexibility index (Phi) is 4.10. The first-order chi connectivity index (χ1) is 8.36. The van der Waals surface area contributed by atoms with Crippen LogP contribution >= 0.6 is 0 Å². The fraction of sp³-hybridized carbons (Fsp3) is 0.333. The van der Waals surface area contributed by atoms with Crippen LogP contribution in [0.1, 0.15) is 5.56 Å². The summed E-state index contributed by atoms with van der Waals surface area (Å²) in [5.41, 5.74) is 3.46. The van der Waals surface area contributed by atoms with Gasteiger partial charge in [0.15, 0.2) is 0 Å². The van der Waals surface area contributed by atoms with Gasteiger partial charge in [0.25, 0.3) is 0 Å². The number of carbonyl (C=O) groups excluding carboxylic acids is 1. The van der Waals surface area contributed by atoms with Crippen molar-refractivity contribution in [1.82, 2.24) is 10.3 Å². The molecule has 2 rings (SSSR count). The van der Waals surface area contributed by atoms with E-state index in [4.69, 9.17) is 4.74 Å². The van der Waals surface area contributed by atoms with Crippen LogP contribution in [0.25, 0.3) is 0 Å². The molecule has 0 unspecified atom stereocenters. The molecule has 1 heterocycles. The summed E-state index contributed by atoms with van der Waals surface area (Å²) in [6, 6.07) is 9.44. The first kappa shape index (κ1) is 11.6. The SMILES string of the molecule is O=C(N/N=C/c1ccccc1)N1CCOCC1. The Morgan fingerprint density at radius 3 is 2.71 bits per heavy atom. The van der Waals surface area contributed by atoms with Crippen LogP contribution < -0.4 is 5.43 Å². The molecule has 0 aromatic heterocycles. The number of nitrogens with zero attached hydrogens (tertiary/aromatic N) is 2. The number of rotatable bonds is 2. The Morgan fingerprint density at radius 2 is 2.00 bits per heavy atom. The summed E-state index contributed by atoms with van der Waals surface area (Å²) in [5.74, 6) is 0. The second kappa shape index (κ2) is 6.00. The number of nitrogens with one attached hydrogen (secondary N) is 1. The van der Waals surface area contributed by atoms with Crippen molar-refractivity contribution >= 4 is 12.2 Å². The summed E-state index contributed by atoms with van der Waals surface area (Å²) in [6.07, 6.45) is 1.62. The van der Waals surface area contributed by atoms with Crippen molar-refractivity contribution in [2.45, 2.75) is 0 Å². The summed E-state index contributed by atoms with van der Waals surface area (Å²) in [5, 5.41) is 3.91. The molecule has 1 aliphatic rings. The molecule has 0 radical (unpaired) electrons. The van der Waals surface area contributed by atoms with Crippen molar-refractivity contribution < 1.29 is 9.53 Å². The van der Waals surface area contributed by atoms with Crippen LogP contribution in [-0.4, -0.2) is 43.4 Å². The molecule has 1 fully saturated rings. The second-order valence-electron chi connectivity index (χ2n) is 3.69. The molecule has 17 heavy (non-hydrogen) atoms. The van der Waals surface area contributed by atoms with Gasteiger partial charge in [0.2, 0.25) is 0 Å². The van der Waals surface area contributed by atoms with Gasteiger partial charge < -0.3 is 9.64 Å². The molecular weight excluding hydrogens is 218 g/mol. The van der Waals surface area contributed by atoms with Gasteiger partial charge >= 0.3 is 6.03 Å². The lowest BCUT2D eigenvalue weighted by atomic mass is 10.2. The Labute approximate surface area is 100 Å². The third-order valence-electron chi connectivity index (χ3n) is 2.47. The first-order valence-electron chi connectivity index (χ1n) is 5.57. The minimum atomic E-state index is -0.180. The summed E-state index contributed by atoms with van der Waals surface area (Å²) in [4.78, 5) is 13.3. The van der Waals surface area contributed by atoms with Crippen molar-refractivity contribution in [2.24, 2.45) is 5.10 Å². The van der Waals surface area contributed by atoms with Gasteiger partial charge in [0.1, 0.15) is 0 Å². The quantitative estimate of drug-likeness (QED) is 0.613. The molecule has 1 saturated heterocycles. The Bertz CT molecular complexity index is 386. The Balaban J connectivity index is 1.81. The van der Waals surface area contributed by atoms with E-state index in [0.717, 1.165) is 5.56 Å². The second-order valence-corrected chi connectivity index (χ2v) is 3.69. The number of benzene rings is 1. The minimum absolute atomic E-state index is 0.180. The van der Waals surface area contributed by atoms with Gasteiger partial charge in [-0.2, -0.15) is 5.10 Å². The summed E-state index contributed by atoms with van der Waals surface area (Å²) in [7, 11) is 0. The zero-order chi connectivity index (χ0) is 11.9. The minimum Gasteiger partial charge on any atom is -0.378 e. The highest BCUT2D eigenvalue weighted by molar-refractivity contribution is 5.81. The lowest BCUT2D eigenvalue weighted by Crippen LogP contribution is -2.44. The van der Waals surface area contributed by atoms with E-state index in [1.54, 1.807) is 11.1 Å². The Morgan fingerprint density at radius 1 is 1.29 bits per heavy atom. The molecule has 1 aliphatic heterocycles. The van der Waals surface area contributed by atoms with Gasteiger partial charge in [-0.3, -0.25) is 0 Å². The van der Waals surface area contributed by atoms with Crippen molar-refractivity contribution in [2.75, 3.05) is 26.3 Å². The van der Waals surface area contributed by atoms with Crippen LogP contribution in [0.4, 0.5) is 4.79 Å². The molecule has 1 aromatic rings. The highest BCUT2D eigenvalue weighted by Gasteiger charge is 2.15. The van der Waals surface area contributed by atoms with Crippen molar-refractivity contribution in [3.05, 3.63) is 35.9 Å². The maximum Gasteiger partial charge on any atom is 0.337 e. The number of hydrazone groups is 1. The van der Waals surface area contributed by atoms with Gasteiger partial charge in [0.05, 0.1) is 19.4 Å². The number of amides is 2. The van der Waals surface area contributed by atoms with Gasteiger partial charge in [-0.15, -0.1) is 0 Å². The lowest BCUT2D eigenvalue weighted by molar-refractivity contribution is 0.0533. The average molecular weight is 233 g/mol. The van der Waals surface area contributed by atoms with Crippen molar-refractivity contribution in [3.63, 3.8) is 0 Å². The lowest BCUT2D eigenvalue weighted by Gasteiger charge is -2.25. The predicted octanol–water partition coefficient (Wildman–Crippen LogP) is 1.06. The molecule has 0 spiro atoms. The molecule has 0 bridgehead atoms. The fourth-order valence-corrected chi connectivity index (χ4v) is 1.54. The van der Waals surface area contributed by atoms with Crippen molar-refractivity contribution in [3.8, 4) is 0 Å². The number of morpholine rings is 1. The number of hydrogen-bond donors (Lipinski definition) is 1. The third-order valence-corrected chi connectivity index (χ3v) is 2.47. The molecule has 1 aromatic carbocycles. The van der Waals surface area contributed by atoms with Crippen LogP contribution in [0.3, 0.4) is 0 Å². The zero-order valence-electron chi connectivity index (χ0n) is 9.50. The summed E-state index contributed by atoms with van der Waals surface area (Å²) >= 11 is 0. The van der Waals surface area contributed by atoms with E-state index in [9.17, 15) is 4.79 Å². The number of hydrogen-bond acceptors (Lipinski definition) is 3. The Hall–Kier alpha value is -1.88. The average Bonchev–Trinajstić information content (AvgIpc) is 2.41. The van der Waals surface area contributed by atoms with E-state index in [2.05, 4.69) is 10.5 Å². The molecule has 1 N–H and O–H groups in total. The number of carbonyl (C=O) groups is 1. The summed E-state index contributed by atoms with van der Waals surface area (Å²) < 4.78 is 5.16. The molecule has 5 heteroatoms. The highest BCUT2D eigenvalue weighted by Crippen LogP contribution is 1.97. The maximum absolute atomic E-state index is 11.6. The van der Waals surface area contributed by atoms with Crippen LogP contribution in [0.5, 0.6) is 0 Å². The van der Waals surface area contributed by atoms with Gasteiger partial charge in [-0.1, -0.05) is 30.3 Å². The van der Waals surface area contributed by atoms with Gasteiger partial charge in [-0.05, 0) is 5.56 Å². The van der Waals surface area contributed by atoms with Crippen LogP contribution in [-0.2, 0) is 4.74 Å². The monoisotopic (exact) mass is 233 g/mol. The van der Waals surface area contributed by atoms with E-state index in [1.165, 1.54) is 0 Å². The molecule has 90 valence electrons. The smallest absolute Gasteiger partial charge is 0.337 e. The normalized spacial score (nSPS) is 16.1. The number of urea groups is 1.